The Morgan fingerprint density at radius 3 is 2.73 bits per heavy atom. The third-order valence-electron chi connectivity index (χ3n) is 2.04. The molecule has 1 heterocycles. The van der Waals surface area contributed by atoms with Gasteiger partial charge in [-0.05, 0) is 25.5 Å². The highest BCUT2D eigenvalue weighted by Gasteiger charge is 2.12. The molecule has 1 N–H and O–H groups in total. The summed E-state index contributed by atoms with van der Waals surface area (Å²) in [5.41, 5.74) is 1.21. The van der Waals surface area contributed by atoms with Gasteiger partial charge in [0, 0.05) is 6.54 Å². The van der Waals surface area contributed by atoms with Crippen molar-refractivity contribution in [3.05, 3.63) is 36.6 Å². The topological polar surface area (TPSA) is 24.5 Å². The quantitative estimate of drug-likeness (QED) is 0.532. The summed E-state index contributed by atoms with van der Waals surface area (Å²) in [6.45, 7) is 10.6. The molecule has 0 unspecified atom stereocenters. The molecule has 1 aliphatic rings. The summed E-state index contributed by atoms with van der Waals surface area (Å²) in [7, 11) is 0. The van der Waals surface area contributed by atoms with Gasteiger partial charge in [-0.25, -0.2) is 0 Å². The molecule has 1 aliphatic heterocycles. The molecule has 0 spiro atoms. The molecule has 1 saturated heterocycles. The maximum atomic E-state index is 5.36. The van der Waals surface area contributed by atoms with E-state index in [1.807, 2.05) is 32.1 Å². The summed E-state index contributed by atoms with van der Waals surface area (Å²) in [5.74, 6) is 0. The van der Waals surface area contributed by atoms with Crippen LogP contribution in [0.2, 0.25) is 0 Å². The summed E-state index contributed by atoms with van der Waals surface area (Å²) < 4.78 is 5.36. The number of nitrogens with one attached hydrogen (secondary N) is 1. The van der Waals surface area contributed by atoms with Gasteiger partial charge in [-0.1, -0.05) is 18.7 Å². The first-order chi connectivity index (χ1) is 7.22. The van der Waals surface area contributed by atoms with Crippen molar-refractivity contribution in [2.75, 3.05) is 19.9 Å². The van der Waals surface area contributed by atoms with Gasteiger partial charge >= 0.3 is 0 Å². The summed E-state index contributed by atoms with van der Waals surface area (Å²) in [5, 5.41) is 3.20. The van der Waals surface area contributed by atoms with E-state index >= 15 is 0 Å². The van der Waals surface area contributed by atoms with Gasteiger partial charge in [-0.3, -0.25) is 10.2 Å². The van der Waals surface area contributed by atoms with Crippen LogP contribution < -0.4 is 5.32 Å². The summed E-state index contributed by atoms with van der Waals surface area (Å²) in [6.07, 6.45) is 7.81. The number of rotatable bonds is 6. The van der Waals surface area contributed by atoms with E-state index in [1.165, 1.54) is 5.57 Å². The maximum absolute atomic E-state index is 5.36. The molecule has 15 heavy (non-hydrogen) atoms. The van der Waals surface area contributed by atoms with Crippen LogP contribution in [-0.2, 0) is 4.74 Å². The first kappa shape index (κ1) is 12.0. The largest absolute Gasteiger partial charge is 0.499 e. The lowest BCUT2D eigenvalue weighted by Crippen LogP contribution is -2.52. The lowest BCUT2D eigenvalue weighted by atomic mass is 10.2. The van der Waals surface area contributed by atoms with E-state index in [1.54, 1.807) is 6.26 Å². The fourth-order valence-electron chi connectivity index (χ4n) is 1.24. The van der Waals surface area contributed by atoms with Crippen LogP contribution in [-0.4, -0.2) is 30.9 Å². The first-order valence-corrected chi connectivity index (χ1v) is 5.29. The summed E-state index contributed by atoms with van der Waals surface area (Å²) in [4.78, 5) is 2.30. The first-order valence-electron chi connectivity index (χ1n) is 5.29. The van der Waals surface area contributed by atoms with Crippen molar-refractivity contribution < 1.29 is 4.74 Å². The number of hydrogen-bond donors (Lipinski definition) is 1. The van der Waals surface area contributed by atoms with Crippen LogP contribution in [0, 0.1) is 0 Å². The fraction of sp³-hybridized carbons (Fsp3) is 0.500. The lowest BCUT2D eigenvalue weighted by Gasteiger charge is -2.32. The normalized spacial score (nSPS) is 18.2. The van der Waals surface area contributed by atoms with Crippen molar-refractivity contribution in [3.8, 4) is 0 Å². The molecule has 3 heteroatoms. The molecule has 1 fully saturated rings. The van der Waals surface area contributed by atoms with E-state index in [-0.39, 0.29) is 6.10 Å². The van der Waals surface area contributed by atoms with Crippen LogP contribution in [0.25, 0.3) is 0 Å². The van der Waals surface area contributed by atoms with Crippen LogP contribution in [0.5, 0.6) is 0 Å². The van der Waals surface area contributed by atoms with Gasteiger partial charge in [0.2, 0.25) is 0 Å². The SMILES string of the molecule is C=C/C=C(\C=C/OC(C)C)CN1CNC1. The Morgan fingerprint density at radius 1 is 1.53 bits per heavy atom. The molecular formula is C12H20N2O. The Balaban J connectivity index is 2.39. The Hall–Kier alpha value is -1.06. The minimum atomic E-state index is 0.233. The minimum absolute atomic E-state index is 0.233. The highest BCUT2D eigenvalue weighted by atomic mass is 16.5. The van der Waals surface area contributed by atoms with Crippen LogP contribution in [0.15, 0.2) is 36.6 Å². The van der Waals surface area contributed by atoms with Crippen molar-refractivity contribution in [2.24, 2.45) is 0 Å². The highest BCUT2D eigenvalue weighted by molar-refractivity contribution is 5.23. The Bertz CT molecular complexity index is 252. The van der Waals surface area contributed by atoms with Crippen molar-refractivity contribution in [1.29, 1.82) is 0 Å². The van der Waals surface area contributed by atoms with E-state index in [0.29, 0.717) is 0 Å². The number of allylic oxidation sites excluding steroid dienone is 2. The zero-order valence-electron chi connectivity index (χ0n) is 9.57. The molecule has 0 atom stereocenters. The Morgan fingerprint density at radius 2 is 2.27 bits per heavy atom. The number of ether oxygens (including phenoxy) is 1. The second-order valence-electron chi connectivity index (χ2n) is 3.86. The van der Waals surface area contributed by atoms with Gasteiger partial charge in [0.05, 0.1) is 25.7 Å². The van der Waals surface area contributed by atoms with E-state index in [4.69, 9.17) is 4.74 Å². The highest BCUT2D eigenvalue weighted by Crippen LogP contribution is 2.05. The van der Waals surface area contributed by atoms with Crippen LogP contribution in [0.1, 0.15) is 13.8 Å². The predicted molar refractivity (Wildman–Crippen MR) is 63.2 cm³/mol. The third kappa shape index (κ3) is 4.81. The van der Waals surface area contributed by atoms with Gasteiger partial charge < -0.3 is 4.74 Å². The standard InChI is InChI=1S/C12H20N2O/c1-4-5-12(6-7-15-11(2)3)8-14-9-13-10-14/h4-7,11,13H,1,8-10H2,2-3H3/b7-6-,12-5+. The number of nitrogens with zero attached hydrogens (tertiary/aromatic N) is 1. The summed E-state index contributed by atoms with van der Waals surface area (Å²) in [6, 6.07) is 0. The molecule has 0 saturated carbocycles. The molecule has 84 valence electrons. The third-order valence-corrected chi connectivity index (χ3v) is 2.04. The molecule has 0 aromatic heterocycles. The van der Waals surface area contributed by atoms with Gasteiger partial charge in [0.15, 0.2) is 0 Å². The van der Waals surface area contributed by atoms with Gasteiger partial charge in [0.25, 0.3) is 0 Å². The van der Waals surface area contributed by atoms with E-state index < -0.39 is 0 Å². The zero-order valence-corrected chi connectivity index (χ0v) is 9.57. The monoisotopic (exact) mass is 208 g/mol. The van der Waals surface area contributed by atoms with Crippen molar-refractivity contribution >= 4 is 0 Å². The second kappa shape index (κ2) is 6.43. The van der Waals surface area contributed by atoms with Gasteiger partial charge in [-0.2, -0.15) is 0 Å². The molecule has 0 aromatic rings. The van der Waals surface area contributed by atoms with Crippen molar-refractivity contribution in [3.63, 3.8) is 0 Å². The lowest BCUT2D eigenvalue weighted by molar-refractivity contribution is 0.153. The van der Waals surface area contributed by atoms with Crippen molar-refractivity contribution in [2.45, 2.75) is 20.0 Å². The average Bonchev–Trinajstić information content (AvgIpc) is 2.10. The Labute approximate surface area is 92.1 Å². The smallest absolute Gasteiger partial charge is 0.0922 e. The maximum Gasteiger partial charge on any atom is 0.0922 e. The average molecular weight is 208 g/mol. The van der Waals surface area contributed by atoms with Crippen LogP contribution in [0.3, 0.4) is 0 Å². The van der Waals surface area contributed by atoms with E-state index in [9.17, 15) is 0 Å². The number of hydrogen-bond acceptors (Lipinski definition) is 3. The van der Waals surface area contributed by atoms with Crippen LogP contribution in [0.4, 0.5) is 0 Å². The molecule has 0 radical (unpaired) electrons. The zero-order chi connectivity index (χ0) is 11.1. The van der Waals surface area contributed by atoms with E-state index in [0.717, 1.165) is 19.9 Å². The van der Waals surface area contributed by atoms with Gasteiger partial charge in [-0.15, -0.1) is 0 Å². The van der Waals surface area contributed by atoms with Crippen LogP contribution >= 0.6 is 0 Å². The summed E-state index contributed by atoms with van der Waals surface area (Å²) >= 11 is 0. The van der Waals surface area contributed by atoms with Crippen molar-refractivity contribution in [1.82, 2.24) is 10.2 Å². The minimum Gasteiger partial charge on any atom is -0.499 e. The molecule has 0 bridgehead atoms. The molecule has 3 nitrogen and oxygen atoms in total. The second-order valence-corrected chi connectivity index (χ2v) is 3.86. The fourth-order valence-corrected chi connectivity index (χ4v) is 1.24. The Kier molecular flexibility index (Phi) is 5.15. The molecule has 0 aromatic carbocycles. The molecule has 1 rings (SSSR count). The molecular weight excluding hydrogens is 188 g/mol. The molecule has 0 amide bonds. The van der Waals surface area contributed by atoms with Gasteiger partial charge in [0.1, 0.15) is 0 Å². The molecule has 0 aliphatic carbocycles. The van der Waals surface area contributed by atoms with E-state index in [2.05, 4.69) is 16.8 Å². The predicted octanol–water partition coefficient (Wildman–Crippen LogP) is 1.86.